The Hall–Kier alpha value is -4.90. The van der Waals surface area contributed by atoms with E-state index in [4.69, 9.17) is 9.47 Å². The summed E-state index contributed by atoms with van der Waals surface area (Å²) in [4.78, 5) is 29.5. The zero-order valence-electron chi connectivity index (χ0n) is 27.7. The topological polar surface area (TPSA) is 105 Å². The van der Waals surface area contributed by atoms with Crippen molar-refractivity contribution >= 4 is 27.5 Å². The molecule has 0 aromatic heterocycles. The Kier molecular flexibility index (Phi) is 12.6. The standard InChI is InChI=1S/C37H42FN3O6S/c1-5-6-22-39-37(43)33(23-28-12-8-7-9-13-28)40(25-29-14-10-11-15-32(29)38)36(42)26-41(30-18-16-27(2)17-19-30)48(44,45)31-20-21-34(46-3)35(24-31)47-4/h7-21,24,33H,5-6,22-23,25-26H2,1-4H3,(H,39,43)/t33-/m0/s1. The number of benzene rings is 4. The van der Waals surface area contributed by atoms with Crippen molar-refractivity contribution in [1.82, 2.24) is 10.2 Å². The third-order valence-electron chi connectivity index (χ3n) is 7.94. The fraction of sp³-hybridized carbons (Fsp3) is 0.297. The maximum absolute atomic E-state index is 15.1. The molecule has 0 saturated heterocycles. The zero-order chi connectivity index (χ0) is 34.7. The summed E-state index contributed by atoms with van der Waals surface area (Å²) < 4.78 is 55.4. The van der Waals surface area contributed by atoms with Crippen LogP contribution in [0.3, 0.4) is 0 Å². The monoisotopic (exact) mass is 675 g/mol. The second-order valence-electron chi connectivity index (χ2n) is 11.3. The van der Waals surface area contributed by atoms with Crippen LogP contribution in [0.2, 0.25) is 0 Å². The molecule has 1 N–H and O–H groups in total. The van der Waals surface area contributed by atoms with E-state index >= 15 is 4.39 Å². The number of carbonyl (C=O) groups is 2. The summed E-state index contributed by atoms with van der Waals surface area (Å²) in [6.07, 6.45) is 1.71. The Morgan fingerprint density at radius 2 is 1.54 bits per heavy atom. The molecule has 0 spiro atoms. The number of unbranched alkanes of at least 4 members (excludes halogenated alkanes) is 1. The number of aryl methyl sites for hydroxylation is 1. The number of ether oxygens (including phenoxy) is 2. The summed E-state index contributed by atoms with van der Waals surface area (Å²) in [6, 6.07) is 25.0. The van der Waals surface area contributed by atoms with Crippen LogP contribution < -0.4 is 19.1 Å². The van der Waals surface area contributed by atoms with Crippen molar-refractivity contribution in [3.63, 3.8) is 0 Å². The molecule has 48 heavy (non-hydrogen) atoms. The quantitative estimate of drug-likeness (QED) is 0.148. The number of nitrogens with zero attached hydrogens (tertiary/aromatic N) is 2. The van der Waals surface area contributed by atoms with Gasteiger partial charge in [0.2, 0.25) is 11.8 Å². The minimum absolute atomic E-state index is 0.131. The highest BCUT2D eigenvalue weighted by Crippen LogP contribution is 2.32. The fourth-order valence-corrected chi connectivity index (χ4v) is 6.64. The molecule has 0 aliphatic carbocycles. The molecular formula is C37H42FN3O6S. The number of methoxy groups -OCH3 is 2. The number of halogens is 1. The molecule has 0 heterocycles. The van der Waals surface area contributed by atoms with Crippen LogP contribution in [-0.4, -0.2) is 58.5 Å². The van der Waals surface area contributed by atoms with Crippen molar-refractivity contribution in [2.45, 2.75) is 50.6 Å². The molecule has 11 heteroatoms. The maximum atomic E-state index is 15.1. The molecule has 0 aliphatic heterocycles. The van der Waals surface area contributed by atoms with Gasteiger partial charge >= 0.3 is 0 Å². The highest BCUT2D eigenvalue weighted by atomic mass is 32.2. The fourth-order valence-electron chi connectivity index (χ4n) is 5.21. The number of sulfonamides is 1. The predicted molar refractivity (Wildman–Crippen MR) is 184 cm³/mol. The summed E-state index contributed by atoms with van der Waals surface area (Å²) in [6.45, 7) is 3.33. The zero-order valence-corrected chi connectivity index (χ0v) is 28.5. The summed E-state index contributed by atoms with van der Waals surface area (Å²) >= 11 is 0. The number of carbonyl (C=O) groups excluding carboxylic acids is 2. The van der Waals surface area contributed by atoms with Crippen LogP contribution in [0.5, 0.6) is 11.5 Å². The summed E-state index contributed by atoms with van der Waals surface area (Å²) in [5.74, 6) is -1.12. The van der Waals surface area contributed by atoms with Gasteiger partial charge < -0.3 is 19.7 Å². The van der Waals surface area contributed by atoms with Crippen LogP contribution in [0.25, 0.3) is 0 Å². The van der Waals surface area contributed by atoms with E-state index in [1.165, 1.54) is 43.4 Å². The van der Waals surface area contributed by atoms with E-state index in [9.17, 15) is 18.0 Å². The largest absolute Gasteiger partial charge is 0.493 e. The average Bonchev–Trinajstić information content (AvgIpc) is 3.09. The van der Waals surface area contributed by atoms with Crippen LogP contribution in [0, 0.1) is 12.7 Å². The SMILES string of the molecule is CCCCNC(=O)[C@H](Cc1ccccc1)N(Cc1ccccc1F)C(=O)CN(c1ccc(C)cc1)S(=O)(=O)c1ccc(OC)c(OC)c1. The smallest absolute Gasteiger partial charge is 0.264 e. The molecule has 9 nitrogen and oxygen atoms in total. The molecule has 0 radical (unpaired) electrons. The van der Waals surface area contributed by atoms with E-state index in [1.807, 2.05) is 44.2 Å². The first-order valence-corrected chi connectivity index (χ1v) is 17.2. The first-order chi connectivity index (χ1) is 23.1. The lowest BCUT2D eigenvalue weighted by Crippen LogP contribution is -2.53. The molecule has 0 fully saturated rings. The summed E-state index contributed by atoms with van der Waals surface area (Å²) in [7, 11) is -1.54. The molecule has 254 valence electrons. The van der Waals surface area contributed by atoms with Gasteiger partial charge in [-0.3, -0.25) is 13.9 Å². The van der Waals surface area contributed by atoms with Crippen LogP contribution in [0.15, 0.2) is 102 Å². The Morgan fingerprint density at radius 1 is 0.875 bits per heavy atom. The van der Waals surface area contributed by atoms with E-state index in [1.54, 1.807) is 42.5 Å². The van der Waals surface area contributed by atoms with Crippen molar-refractivity contribution < 1.29 is 31.9 Å². The second-order valence-corrected chi connectivity index (χ2v) is 13.2. The summed E-state index contributed by atoms with van der Waals surface area (Å²) in [5.41, 5.74) is 2.10. The van der Waals surface area contributed by atoms with E-state index in [0.29, 0.717) is 12.3 Å². The molecule has 0 unspecified atom stereocenters. The van der Waals surface area contributed by atoms with Gasteiger partial charge in [-0.2, -0.15) is 0 Å². The molecular weight excluding hydrogens is 633 g/mol. The molecule has 0 saturated carbocycles. The summed E-state index contributed by atoms with van der Waals surface area (Å²) in [5, 5.41) is 2.93. The highest BCUT2D eigenvalue weighted by molar-refractivity contribution is 7.92. The van der Waals surface area contributed by atoms with Crippen molar-refractivity contribution in [2.24, 2.45) is 0 Å². The van der Waals surface area contributed by atoms with Crippen molar-refractivity contribution in [3.05, 3.63) is 120 Å². The van der Waals surface area contributed by atoms with Gasteiger partial charge in [-0.05, 0) is 49.2 Å². The van der Waals surface area contributed by atoms with Gasteiger partial charge in [0.25, 0.3) is 10.0 Å². The molecule has 0 aliphatic rings. The molecule has 1 atom stereocenters. The van der Waals surface area contributed by atoms with E-state index in [0.717, 1.165) is 28.3 Å². The van der Waals surface area contributed by atoms with Gasteiger partial charge in [0.05, 0.1) is 24.8 Å². The molecule has 0 bridgehead atoms. The van der Waals surface area contributed by atoms with Crippen molar-refractivity contribution in [2.75, 3.05) is 31.6 Å². The van der Waals surface area contributed by atoms with Crippen molar-refractivity contribution in [3.8, 4) is 11.5 Å². The van der Waals surface area contributed by atoms with Crippen LogP contribution in [-0.2, 0) is 32.6 Å². The molecule has 4 aromatic carbocycles. The van der Waals surface area contributed by atoms with Gasteiger partial charge in [0, 0.05) is 31.1 Å². The molecule has 4 aromatic rings. The first-order valence-electron chi connectivity index (χ1n) is 15.7. The Balaban J connectivity index is 1.82. The van der Waals surface area contributed by atoms with Gasteiger partial charge in [-0.25, -0.2) is 12.8 Å². The third-order valence-corrected chi connectivity index (χ3v) is 9.71. The Bertz CT molecular complexity index is 1780. The second kappa shape index (κ2) is 16.8. The van der Waals surface area contributed by atoms with Crippen LogP contribution >= 0.6 is 0 Å². The molecule has 2 amide bonds. The minimum Gasteiger partial charge on any atom is -0.493 e. The highest BCUT2D eigenvalue weighted by Gasteiger charge is 2.35. The third kappa shape index (κ3) is 8.92. The lowest BCUT2D eigenvalue weighted by Gasteiger charge is -2.34. The number of anilines is 1. The number of rotatable bonds is 16. The average molecular weight is 676 g/mol. The number of hydrogen-bond donors (Lipinski definition) is 1. The lowest BCUT2D eigenvalue weighted by molar-refractivity contribution is -0.140. The van der Waals surface area contributed by atoms with E-state index in [2.05, 4.69) is 5.32 Å². The van der Waals surface area contributed by atoms with Crippen molar-refractivity contribution in [1.29, 1.82) is 0 Å². The van der Waals surface area contributed by atoms with E-state index < -0.39 is 40.2 Å². The van der Waals surface area contributed by atoms with Gasteiger partial charge in [-0.15, -0.1) is 0 Å². The Labute approximate surface area is 282 Å². The van der Waals surface area contributed by atoms with Crippen LogP contribution in [0.4, 0.5) is 10.1 Å². The number of amides is 2. The van der Waals surface area contributed by atoms with Gasteiger partial charge in [-0.1, -0.05) is 79.6 Å². The molecule has 4 rings (SSSR count). The van der Waals surface area contributed by atoms with Gasteiger partial charge in [0.15, 0.2) is 11.5 Å². The normalized spacial score (nSPS) is 11.8. The first kappa shape index (κ1) is 35.9. The maximum Gasteiger partial charge on any atom is 0.264 e. The lowest BCUT2D eigenvalue weighted by atomic mass is 10.0. The number of nitrogens with one attached hydrogen (secondary N) is 1. The Morgan fingerprint density at radius 3 is 2.19 bits per heavy atom. The predicted octanol–water partition coefficient (Wildman–Crippen LogP) is 5.90. The van der Waals surface area contributed by atoms with E-state index in [-0.39, 0.29) is 34.9 Å². The van der Waals surface area contributed by atoms with Gasteiger partial charge in [0.1, 0.15) is 18.4 Å². The minimum atomic E-state index is -4.38. The number of hydrogen-bond acceptors (Lipinski definition) is 6. The van der Waals surface area contributed by atoms with Crippen LogP contribution in [0.1, 0.15) is 36.5 Å².